The lowest BCUT2D eigenvalue weighted by molar-refractivity contribution is 0.0603. The molecule has 0 aliphatic rings. The standard InChI is InChI=1S/C32H34N4O6S2/c1-31(2,3)41-29(38)35-24-17-14-22(26-10-9-19-43-26)20-25(24)34-28(37)21-12-15-23(16-13-21)44(40,27-11-7-8-18-33-27)36-30(39)42-32(4,5)6/h7-20H,1-6H3,(H,34,37)(H,35,38). The van der Waals surface area contributed by atoms with E-state index in [0.717, 1.165) is 10.4 Å². The van der Waals surface area contributed by atoms with E-state index < -0.39 is 39.0 Å². The third-order valence-electron chi connectivity index (χ3n) is 5.66. The van der Waals surface area contributed by atoms with E-state index in [2.05, 4.69) is 20.0 Å². The normalized spacial score (nSPS) is 12.9. The molecule has 2 aromatic heterocycles. The van der Waals surface area contributed by atoms with Crippen molar-refractivity contribution in [3.8, 4) is 10.4 Å². The Balaban J connectivity index is 1.65. The van der Waals surface area contributed by atoms with Gasteiger partial charge < -0.3 is 14.8 Å². The Morgan fingerprint density at radius 3 is 2.11 bits per heavy atom. The van der Waals surface area contributed by atoms with Gasteiger partial charge in [-0.2, -0.15) is 0 Å². The molecule has 230 valence electrons. The largest absolute Gasteiger partial charge is 0.444 e. The third-order valence-corrected chi connectivity index (χ3v) is 8.71. The molecule has 3 amide bonds. The molecular formula is C32H34N4O6S2. The molecule has 0 saturated heterocycles. The smallest absolute Gasteiger partial charge is 0.443 e. The number of anilines is 2. The molecule has 44 heavy (non-hydrogen) atoms. The number of aromatic nitrogens is 1. The maximum atomic E-state index is 14.2. The zero-order valence-electron chi connectivity index (χ0n) is 25.2. The summed E-state index contributed by atoms with van der Waals surface area (Å²) in [4.78, 5) is 43.9. The first-order valence-corrected chi connectivity index (χ1v) is 16.0. The molecule has 0 aliphatic heterocycles. The summed E-state index contributed by atoms with van der Waals surface area (Å²) in [5, 5.41) is 7.58. The Morgan fingerprint density at radius 1 is 0.818 bits per heavy atom. The van der Waals surface area contributed by atoms with E-state index >= 15 is 0 Å². The number of carbonyl (C=O) groups excluding carboxylic acids is 3. The van der Waals surface area contributed by atoms with Gasteiger partial charge in [0.1, 0.15) is 26.0 Å². The molecule has 0 saturated carbocycles. The van der Waals surface area contributed by atoms with E-state index in [0.29, 0.717) is 11.4 Å². The molecular weight excluding hydrogens is 601 g/mol. The molecule has 1 unspecified atom stereocenters. The quantitative estimate of drug-likeness (QED) is 0.218. The van der Waals surface area contributed by atoms with Crippen LogP contribution in [0.3, 0.4) is 0 Å². The second kappa shape index (κ2) is 13.0. The highest BCUT2D eigenvalue weighted by atomic mass is 32.2. The van der Waals surface area contributed by atoms with E-state index in [9.17, 15) is 18.6 Å². The van der Waals surface area contributed by atoms with Crippen molar-refractivity contribution < 1.29 is 28.1 Å². The van der Waals surface area contributed by atoms with Crippen molar-refractivity contribution >= 4 is 50.5 Å². The monoisotopic (exact) mass is 634 g/mol. The number of nitrogens with one attached hydrogen (secondary N) is 2. The molecule has 10 nitrogen and oxygen atoms in total. The Kier molecular flexibility index (Phi) is 9.55. The van der Waals surface area contributed by atoms with Crippen molar-refractivity contribution in [2.24, 2.45) is 4.36 Å². The third kappa shape index (κ3) is 8.51. The summed E-state index contributed by atoms with van der Waals surface area (Å²) >= 11 is 1.54. The summed E-state index contributed by atoms with van der Waals surface area (Å²) < 4.78 is 28.8. The Morgan fingerprint density at radius 2 is 1.52 bits per heavy atom. The number of ether oxygens (including phenoxy) is 2. The van der Waals surface area contributed by atoms with Gasteiger partial charge in [-0.15, -0.1) is 15.7 Å². The maximum absolute atomic E-state index is 14.2. The van der Waals surface area contributed by atoms with Gasteiger partial charge in [-0.25, -0.2) is 18.8 Å². The minimum Gasteiger partial charge on any atom is -0.444 e. The van der Waals surface area contributed by atoms with E-state index in [1.807, 2.05) is 23.6 Å². The lowest BCUT2D eigenvalue weighted by Crippen LogP contribution is -2.27. The number of hydrogen-bond acceptors (Lipinski definition) is 8. The van der Waals surface area contributed by atoms with Crippen LogP contribution < -0.4 is 10.6 Å². The van der Waals surface area contributed by atoms with Gasteiger partial charge in [0.05, 0.1) is 16.3 Å². The molecule has 0 spiro atoms. The number of carbonyl (C=O) groups is 3. The number of amides is 3. The van der Waals surface area contributed by atoms with Crippen LogP contribution in [0.25, 0.3) is 10.4 Å². The summed E-state index contributed by atoms with van der Waals surface area (Å²) in [5.41, 5.74) is 0.227. The van der Waals surface area contributed by atoms with Crippen LogP contribution in [0, 0.1) is 0 Å². The minimum atomic E-state index is -3.54. The van der Waals surface area contributed by atoms with E-state index in [1.165, 1.54) is 47.9 Å². The zero-order valence-corrected chi connectivity index (χ0v) is 26.9. The summed E-state index contributed by atoms with van der Waals surface area (Å²) in [6, 6.07) is 19.8. The van der Waals surface area contributed by atoms with Crippen molar-refractivity contribution in [2.75, 3.05) is 10.6 Å². The van der Waals surface area contributed by atoms with E-state index in [1.54, 1.807) is 65.8 Å². The zero-order chi connectivity index (χ0) is 32.1. The lowest BCUT2D eigenvalue weighted by atomic mass is 10.1. The van der Waals surface area contributed by atoms with Crippen molar-refractivity contribution in [3.63, 3.8) is 0 Å². The van der Waals surface area contributed by atoms with Crippen molar-refractivity contribution in [3.05, 3.63) is 89.9 Å². The number of benzene rings is 2. The molecule has 12 heteroatoms. The SMILES string of the molecule is CC(C)(C)OC(=O)N=S(=O)(c1ccc(C(=O)Nc2cc(-c3cccs3)ccc2NC(=O)OC(C)(C)C)cc1)c1ccccn1. The Hall–Kier alpha value is -4.55. The average Bonchev–Trinajstić information content (AvgIpc) is 3.47. The Bertz CT molecular complexity index is 1770. The van der Waals surface area contributed by atoms with Crippen LogP contribution in [-0.2, 0) is 19.2 Å². The molecule has 2 aromatic carbocycles. The molecule has 1 atom stereocenters. The fourth-order valence-corrected chi connectivity index (χ4v) is 6.25. The first-order chi connectivity index (χ1) is 20.6. The average molecular weight is 635 g/mol. The van der Waals surface area contributed by atoms with Crippen LogP contribution >= 0.6 is 11.3 Å². The fourth-order valence-electron chi connectivity index (χ4n) is 3.87. The van der Waals surface area contributed by atoms with Gasteiger partial charge in [-0.3, -0.25) is 10.1 Å². The second-order valence-corrected chi connectivity index (χ2v) is 14.7. The summed E-state index contributed by atoms with van der Waals surface area (Å²) in [7, 11) is -3.54. The molecule has 4 rings (SSSR count). The van der Waals surface area contributed by atoms with E-state index in [-0.39, 0.29) is 15.5 Å². The van der Waals surface area contributed by atoms with Gasteiger partial charge in [0.25, 0.3) is 5.91 Å². The van der Waals surface area contributed by atoms with Crippen LogP contribution in [0.1, 0.15) is 51.9 Å². The minimum absolute atomic E-state index is 0.0753. The maximum Gasteiger partial charge on any atom is 0.443 e. The summed E-state index contributed by atoms with van der Waals surface area (Å²) in [6.07, 6.45) is -0.209. The molecule has 4 aromatic rings. The van der Waals surface area contributed by atoms with Crippen molar-refractivity contribution in [2.45, 2.75) is 62.7 Å². The summed E-state index contributed by atoms with van der Waals surface area (Å²) in [6.45, 7) is 10.3. The van der Waals surface area contributed by atoms with Gasteiger partial charge in [0.2, 0.25) is 0 Å². The highest BCUT2D eigenvalue weighted by molar-refractivity contribution is 7.94. The van der Waals surface area contributed by atoms with Crippen LogP contribution in [0.15, 0.2) is 98.7 Å². The van der Waals surface area contributed by atoms with Gasteiger partial charge >= 0.3 is 12.2 Å². The number of hydrogen-bond donors (Lipinski definition) is 2. The van der Waals surface area contributed by atoms with Gasteiger partial charge in [-0.05, 0) is 107 Å². The highest BCUT2D eigenvalue weighted by Crippen LogP contribution is 2.32. The predicted molar refractivity (Wildman–Crippen MR) is 172 cm³/mol. The van der Waals surface area contributed by atoms with Gasteiger partial charge in [-0.1, -0.05) is 18.2 Å². The fraction of sp³-hybridized carbons (Fsp3) is 0.250. The lowest BCUT2D eigenvalue weighted by Gasteiger charge is -2.21. The van der Waals surface area contributed by atoms with Gasteiger partial charge in [0.15, 0.2) is 0 Å². The molecule has 0 fully saturated rings. The van der Waals surface area contributed by atoms with Gasteiger partial charge in [0, 0.05) is 16.6 Å². The Labute approximate surface area is 261 Å². The second-order valence-electron chi connectivity index (χ2n) is 11.6. The van der Waals surface area contributed by atoms with Crippen molar-refractivity contribution in [1.82, 2.24) is 4.98 Å². The first kappa shape index (κ1) is 32.4. The summed E-state index contributed by atoms with van der Waals surface area (Å²) in [5.74, 6) is -0.486. The van der Waals surface area contributed by atoms with Crippen LogP contribution in [-0.4, -0.2) is 38.5 Å². The number of nitrogens with zero attached hydrogens (tertiary/aromatic N) is 2. The first-order valence-electron chi connectivity index (χ1n) is 13.6. The molecule has 2 N–H and O–H groups in total. The van der Waals surface area contributed by atoms with Crippen LogP contribution in [0.2, 0.25) is 0 Å². The van der Waals surface area contributed by atoms with Crippen molar-refractivity contribution in [1.29, 1.82) is 0 Å². The molecule has 0 bridgehead atoms. The van der Waals surface area contributed by atoms with Crippen LogP contribution in [0.4, 0.5) is 21.0 Å². The molecule has 0 aliphatic carbocycles. The van der Waals surface area contributed by atoms with Crippen LogP contribution in [0.5, 0.6) is 0 Å². The number of rotatable bonds is 6. The molecule has 0 radical (unpaired) electrons. The number of thiophene rings is 1. The number of pyridine rings is 1. The predicted octanol–water partition coefficient (Wildman–Crippen LogP) is 8.23. The topological polar surface area (TPSA) is 136 Å². The highest BCUT2D eigenvalue weighted by Gasteiger charge is 2.24. The molecule has 2 heterocycles. The van der Waals surface area contributed by atoms with E-state index in [4.69, 9.17) is 9.47 Å².